The molecule has 0 saturated carbocycles. The molecule has 0 bridgehead atoms. The minimum atomic E-state index is -3.29. The van der Waals surface area contributed by atoms with Crippen molar-refractivity contribution in [2.75, 3.05) is 19.5 Å². The third-order valence-corrected chi connectivity index (χ3v) is 7.66. The third kappa shape index (κ3) is 12.1. The van der Waals surface area contributed by atoms with E-state index in [-0.39, 0.29) is 25.2 Å². The van der Waals surface area contributed by atoms with Crippen molar-refractivity contribution in [1.29, 1.82) is 0 Å². The Morgan fingerprint density at radius 1 is 0.791 bits per heavy atom. The van der Waals surface area contributed by atoms with Gasteiger partial charge in [-0.3, -0.25) is 9.59 Å². The first-order valence-electron chi connectivity index (χ1n) is 14.4. The number of sulfone groups is 1. The van der Waals surface area contributed by atoms with Gasteiger partial charge >= 0.3 is 11.9 Å². The van der Waals surface area contributed by atoms with Crippen LogP contribution in [0.3, 0.4) is 0 Å². The van der Waals surface area contributed by atoms with Crippen LogP contribution in [0.2, 0.25) is 0 Å². The van der Waals surface area contributed by atoms with E-state index in [1.807, 2.05) is 12.1 Å². The summed E-state index contributed by atoms with van der Waals surface area (Å²) in [6, 6.07) is 17.0. The molecule has 0 heterocycles. The van der Waals surface area contributed by atoms with Gasteiger partial charge in [-0.15, -0.1) is 0 Å². The molecule has 0 amide bonds. The second-order valence-electron chi connectivity index (χ2n) is 10.6. The lowest BCUT2D eigenvalue weighted by atomic mass is 9.97. The average molecular weight is 615 g/mol. The van der Waals surface area contributed by atoms with Crippen LogP contribution < -0.4 is 9.47 Å². The topological polar surface area (TPSA) is 127 Å². The van der Waals surface area contributed by atoms with Crippen LogP contribution in [0.5, 0.6) is 11.5 Å². The van der Waals surface area contributed by atoms with Crippen LogP contribution in [0.25, 0.3) is 11.1 Å². The number of halogens is 1. The Morgan fingerprint density at radius 2 is 1.51 bits per heavy atom. The van der Waals surface area contributed by atoms with Gasteiger partial charge in [-0.1, -0.05) is 43.2 Å². The van der Waals surface area contributed by atoms with Crippen molar-refractivity contribution in [3.8, 4) is 22.6 Å². The molecule has 0 aliphatic carbocycles. The van der Waals surface area contributed by atoms with Crippen molar-refractivity contribution < 1.29 is 42.1 Å². The fraction of sp³-hybridized carbons (Fsp3) is 0.394. The summed E-state index contributed by atoms with van der Waals surface area (Å²) in [6.45, 7) is 0.664. The normalized spacial score (nSPS) is 11.3. The standard InChI is InChI=1S/C33H39FO8S/c1-43(39,40)23-24-20-26(28-12-5-6-13-30(28)34)22-27(21-24)41-18-7-3-2-4-10-25-11-8-14-31(29(25)16-17-33(37)38)42-19-9-15-32(35)36/h5-6,8,11-14,20-22H,2-4,7,9-10,15-19,23H2,1H3,(H,35,36)(H,37,38). The summed E-state index contributed by atoms with van der Waals surface area (Å²) in [5.74, 6) is -1.26. The summed E-state index contributed by atoms with van der Waals surface area (Å²) in [5, 5.41) is 18.0. The molecule has 2 N–H and O–H groups in total. The predicted molar refractivity (Wildman–Crippen MR) is 163 cm³/mol. The number of unbranched alkanes of at least 4 members (excludes halogenated alkanes) is 3. The van der Waals surface area contributed by atoms with Crippen molar-refractivity contribution in [3.63, 3.8) is 0 Å². The van der Waals surface area contributed by atoms with Gasteiger partial charge in [0.2, 0.25) is 0 Å². The number of aryl methyl sites for hydroxylation is 1. The summed E-state index contributed by atoms with van der Waals surface area (Å²) in [6.07, 6.45) is 6.04. The average Bonchev–Trinajstić information content (AvgIpc) is 2.93. The zero-order valence-electron chi connectivity index (χ0n) is 24.4. The second-order valence-corrected chi connectivity index (χ2v) is 12.7. The molecule has 43 heavy (non-hydrogen) atoms. The SMILES string of the molecule is CS(=O)(=O)Cc1cc(OCCCCCCc2cccc(OCCCC(=O)O)c2CCC(=O)O)cc(-c2ccccc2F)c1. The molecule has 10 heteroatoms. The molecule has 8 nitrogen and oxygen atoms in total. The lowest BCUT2D eigenvalue weighted by Gasteiger charge is -2.15. The number of carboxylic acid groups (broad SMARTS) is 2. The number of hydrogen-bond donors (Lipinski definition) is 2. The number of rotatable bonds is 19. The molecule has 0 fully saturated rings. The van der Waals surface area contributed by atoms with Gasteiger partial charge in [0, 0.05) is 24.7 Å². The van der Waals surface area contributed by atoms with Gasteiger partial charge < -0.3 is 19.7 Å². The molecule has 0 aliphatic rings. The van der Waals surface area contributed by atoms with Crippen LogP contribution in [-0.2, 0) is 38.0 Å². The van der Waals surface area contributed by atoms with Crippen LogP contribution in [0.1, 0.15) is 61.6 Å². The maximum atomic E-state index is 14.4. The van der Waals surface area contributed by atoms with Crippen molar-refractivity contribution >= 4 is 21.8 Å². The molecule has 3 rings (SSSR count). The molecule has 3 aromatic rings. The third-order valence-electron chi connectivity index (χ3n) is 6.80. The highest BCUT2D eigenvalue weighted by molar-refractivity contribution is 7.89. The Hall–Kier alpha value is -3.92. The van der Waals surface area contributed by atoms with Crippen molar-refractivity contribution in [3.05, 3.63) is 83.2 Å². The van der Waals surface area contributed by atoms with Crippen molar-refractivity contribution in [1.82, 2.24) is 0 Å². The zero-order valence-corrected chi connectivity index (χ0v) is 25.2. The van der Waals surface area contributed by atoms with Crippen molar-refractivity contribution in [2.45, 2.75) is 63.5 Å². The van der Waals surface area contributed by atoms with Gasteiger partial charge in [0.25, 0.3) is 0 Å². The van der Waals surface area contributed by atoms with Crippen LogP contribution in [0.15, 0.2) is 60.7 Å². The Morgan fingerprint density at radius 3 is 2.23 bits per heavy atom. The molecule has 232 valence electrons. The van der Waals surface area contributed by atoms with Gasteiger partial charge in [0.1, 0.15) is 17.3 Å². The maximum Gasteiger partial charge on any atom is 0.303 e. The molecule has 0 spiro atoms. The zero-order chi connectivity index (χ0) is 31.2. The summed E-state index contributed by atoms with van der Waals surface area (Å²) >= 11 is 0. The number of carboxylic acids is 2. The van der Waals surface area contributed by atoms with Crippen LogP contribution in [0, 0.1) is 5.82 Å². The van der Waals surface area contributed by atoms with E-state index in [0.29, 0.717) is 47.6 Å². The largest absolute Gasteiger partial charge is 0.494 e. The van der Waals surface area contributed by atoms with Gasteiger partial charge in [-0.05, 0) is 84.7 Å². The first kappa shape index (κ1) is 33.6. The number of carbonyl (C=O) groups is 2. The number of hydrogen-bond acceptors (Lipinski definition) is 6. The molecule has 3 aromatic carbocycles. The molecular weight excluding hydrogens is 575 g/mol. The first-order valence-corrected chi connectivity index (χ1v) is 16.4. The summed E-state index contributed by atoms with van der Waals surface area (Å²) < 4.78 is 50.0. The second kappa shape index (κ2) is 16.6. The lowest BCUT2D eigenvalue weighted by molar-refractivity contribution is -0.138. The van der Waals surface area contributed by atoms with E-state index in [1.165, 1.54) is 6.07 Å². The number of aliphatic carboxylic acids is 2. The first-order chi connectivity index (χ1) is 20.5. The predicted octanol–water partition coefficient (Wildman–Crippen LogP) is 6.48. The van der Waals surface area contributed by atoms with E-state index in [0.717, 1.165) is 49.5 Å². The Kier molecular flexibility index (Phi) is 13.0. The van der Waals surface area contributed by atoms with E-state index >= 15 is 0 Å². The molecule has 0 unspecified atom stereocenters. The minimum absolute atomic E-state index is 0.00663. The van der Waals surface area contributed by atoms with E-state index in [1.54, 1.807) is 42.5 Å². The van der Waals surface area contributed by atoms with Gasteiger partial charge in [-0.25, -0.2) is 12.8 Å². The maximum absolute atomic E-state index is 14.4. The lowest BCUT2D eigenvalue weighted by Crippen LogP contribution is -2.07. The van der Waals surface area contributed by atoms with Crippen LogP contribution in [-0.4, -0.2) is 50.0 Å². The van der Waals surface area contributed by atoms with Crippen LogP contribution in [0.4, 0.5) is 4.39 Å². The molecule has 0 radical (unpaired) electrons. The Bertz CT molecular complexity index is 1490. The molecule has 0 aliphatic heterocycles. The van der Waals surface area contributed by atoms with Crippen LogP contribution >= 0.6 is 0 Å². The van der Waals surface area contributed by atoms with E-state index < -0.39 is 27.6 Å². The summed E-state index contributed by atoms with van der Waals surface area (Å²) in [7, 11) is -3.29. The fourth-order valence-corrected chi connectivity index (χ4v) is 5.62. The highest BCUT2D eigenvalue weighted by Gasteiger charge is 2.13. The molecule has 0 aromatic heterocycles. The smallest absolute Gasteiger partial charge is 0.303 e. The summed E-state index contributed by atoms with van der Waals surface area (Å²) in [4.78, 5) is 22.0. The highest BCUT2D eigenvalue weighted by atomic mass is 32.2. The minimum Gasteiger partial charge on any atom is -0.494 e. The highest BCUT2D eigenvalue weighted by Crippen LogP contribution is 2.30. The van der Waals surface area contributed by atoms with E-state index in [4.69, 9.17) is 14.6 Å². The summed E-state index contributed by atoms with van der Waals surface area (Å²) in [5.41, 5.74) is 3.34. The number of ether oxygens (including phenoxy) is 2. The Balaban J connectivity index is 1.54. The number of benzene rings is 3. The van der Waals surface area contributed by atoms with Crippen molar-refractivity contribution in [2.24, 2.45) is 0 Å². The Labute approximate surface area is 252 Å². The quantitative estimate of drug-likeness (QED) is 0.147. The molecule has 0 atom stereocenters. The fourth-order valence-electron chi connectivity index (χ4n) is 4.84. The molecular formula is C33H39FO8S. The molecule has 0 saturated heterocycles. The monoisotopic (exact) mass is 614 g/mol. The van der Waals surface area contributed by atoms with E-state index in [9.17, 15) is 27.5 Å². The van der Waals surface area contributed by atoms with Gasteiger partial charge in [0.05, 0.1) is 19.0 Å². The van der Waals surface area contributed by atoms with Gasteiger partial charge in [0.15, 0.2) is 9.84 Å². The van der Waals surface area contributed by atoms with Gasteiger partial charge in [-0.2, -0.15) is 0 Å². The van der Waals surface area contributed by atoms with E-state index in [2.05, 4.69) is 0 Å².